The zero-order valence-electron chi connectivity index (χ0n) is 15.5. The minimum atomic E-state index is -0.666. The number of likely N-dealkylation sites (tertiary alicyclic amines) is 1. The highest BCUT2D eigenvalue weighted by molar-refractivity contribution is 5.92. The van der Waals surface area contributed by atoms with Gasteiger partial charge in [-0.1, -0.05) is 18.2 Å². The summed E-state index contributed by atoms with van der Waals surface area (Å²) in [5, 5.41) is 18.4. The number of H-pyrrole nitrogens is 1. The highest BCUT2D eigenvalue weighted by atomic mass is 16.5. The molecule has 1 amide bonds. The van der Waals surface area contributed by atoms with Gasteiger partial charge in [0.25, 0.3) is 5.91 Å². The zero-order chi connectivity index (χ0) is 19.0. The first-order chi connectivity index (χ1) is 13.0. The maximum absolute atomic E-state index is 12.7. The number of aromatic nitrogens is 3. The van der Waals surface area contributed by atoms with Gasteiger partial charge in [0, 0.05) is 24.8 Å². The van der Waals surface area contributed by atoms with E-state index in [1.165, 1.54) is 5.39 Å². The molecule has 0 spiro atoms. The molecule has 0 aliphatic carbocycles. The van der Waals surface area contributed by atoms with E-state index in [4.69, 9.17) is 4.74 Å². The molecule has 4 rings (SSSR count). The van der Waals surface area contributed by atoms with E-state index in [2.05, 4.69) is 33.0 Å². The van der Waals surface area contributed by atoms with Gasteiger partial charge in [0.15, 0.2) is 0 Å². The summed E-state index contributed by atoms with van der Waals surface area (Å²) in [6.45, 7) is 5.09. The van der Waals surface area contributed by atoms with Gasteiger partial charge in [-0.3, -0.25) is 9.89 Å². The molecule has 1 saturated heterocycles. The number of benzene rings is 1. The molecule has 27 heavy (non-hydrogen) atoms. The Balaban J connectivity index is 1.45. The van der Waals surface area contributed by atoms with E-state index in [-0.39, 0.29) is 24.7 Å². The second-order valence-corrected chi connectivity index (χ2v) is 7.28. The molecule has 2 atom stereocenters. The Morgan fingerprint density at radius 2 is 2.15 bits per heavy atom. The molecule has 2 aromatic heterocycles. The molecule has 7 nitrogen and oxygen atoms in total. The van der Waals surface area contributed by atoms with Gasteiger partial charge in [0.1, 0.15) is 11.8 Å². The lowest BCUT2D eigenvalue weighted by Gasteiger charge is -2.17. The van der Waals surface area contributed by atoms with Crippen molar-refractivity contribution >= 4 is 16.8 Å². The molecule has 142 valence electrons. The van der Waals surface area contributed by atoms with Crippen LogP contribution in [0.5, 0.6) is 0 Å². The van der Waals surface area contributed by atoms with Crippen LogP contribution < -0.4 is 0 Å². The Morgan fingerprint density at radius 3 is 2.96 bits per heavy atom. The van der Waals surface area contributed by atoms with Crippen LogP contribution in [0.2, 0.25) is 0 Å². The second-order valence-electron chi connectivity index (χ2n) is 7.28. The average molecular weight is 368 g/mol. The summed E-state index contributed by atoms with van der Waals surface area (Å²) in [7, 11) is 0. The molecular weight excluding hydrogens is 344 g/mol. The largest absolute Gasteiger partial charge is 0.388 e. The molecule has 2 N–H and O–H groups in total. The van der Waals surface area contributed by atoms with Crippen LogP contribution in [0.4, 0.5) is 0 Å². The minimum Gasteiger partial charge on any atom is -0.388 e. The summed E-state index contributed by atoms with van der Waals surface area (Å²) in [6, 6.07) is 12.0. The molecule has 0 radical (unpaired) electrons. The van der Waals surface area contributed by atoms with Gasteiger partial charge in [-0.15, -0.1) is 0 Å². The van der Waals surface area contributed by atoms with Crippen LogP contribution in [0.3, 0.4) is 0 Å². The fraction of sp³-hybridized carbons (Fsp3) is 0.400. The zero-order valence-corrected chi connectivity index (χ0v) is 15.5. The van der Waals surface area contributed by atoms with Gasteiger partial charge in [-0.25, -0.2) is 0 Å². The first-order valence-corrected chi connectivity index (χ1v) is 9.22. The highest BCUT2D eigenvalue weighted by Crippen LogP contribution is 2.19. The number of β-amino-alcohol motifs (C(OH)–C–C–N with tert-alkyl or cyclic N) is 1. The Kier molecular flexibility index (Phi) is 4.72. The maximum atomic E-state index is 12.7. The van der Waals surface area contributed by atoms with Crippen LogP contribution in [0.25, 0.3) is 10.9 Å². The molecule has 1 aromatic carbocycles. The second kappa shape index (κ2) is 7.17. The maximum Gasteiger partial charge on any atom is 0.274 e. The lowest BCUT2D eigenvalue weighted by atomic mass is 10.2. The third-order valence-corrected chi connectivity index (χ3v) is 4.84. The molecule has 0 bridgehead atoms. The summed E-state index contributed by atoms with van der Waals surface area (Å²) < 4.78 is 7.79. The topological polar surface area (TPSA) is 83.4 Å². The van der Waals surface area contributed by atoms with E-state index in [0.29, 0.717) is 18.8 Å². The summed E-state index contributed by atoms with van der Waals surface area (Å²) in [6.07, 6.45) is 1.02. The Bertz CT molecular complexity index is 946. The number of aliphatic hydroxyl groups is 1. The van der Waals surface area contributed by atoms with E-state index < -0.39 is 6.10 Å². The van der Waals surface area contributed by atoms with Gasteiger partial charge in [-0.05, 0) is 37.4 Å². The van der Waals surface area contributed by atoms with Gasteiger partial charge in [0.2, 0.25) is 0 Å². The van der Waals surface area contributed by atoms with Gasteiger partial charge < -0.3 is 19.3 Å². The number of nitrogens with zero attached hydrogens (tertiary/aromatic N) is 3. The molecule has 1 fully saturated rings. The van der Waals surface area contributed by atoms with Gasteiger partial charge in [0.05, 0.1) is 24.4 Å². The quantitative estimate of drug-likeness (QED) is 0.722. The number of carbonyl (C=O) groups excluding carboxylic acids is 1. The number of nitrogens with one attached hydrogen (secondary N) is 1. The third kappa shape index (κ3) is 3.61. The molecule has 7 heteroatoms. The van der Waals surface area contributed by atoms with Crippen LogP contribution in [0.15, 0.2) is 42.6 Å². The lowest BCUT2D eigenvalue weighted by Crippen LogP contribution is -2.31. The van der Waals surface area contributed by atoms with Crippen molar-refractivity contribution in [1.82, 2.24) is 19.7 Å². The summed E-state index contributed by atoms with van der Waals surface area (Å²) >= 11 is 0. The molecule has 3 heterocycles. The van der Waals surface area contributed by atoms with Crippen molar-refractivity contribution in [2.45, 2.75) is 38.7 Å². The van der Waals surface area contributed by atoms with Crippen LogP contribution in [0.1, 0.15) is 30.0 Å². The van der Waals surface area contributed by atoms with Crippen molar-refractivity contribution in [2.75, 3.05) is 13.1 Å². The molecule has 3 aromatic rings. The van der Waals surface area contributed by atoms with Crippen LogP contribution >= 0.6 is 0 Å². The van der Waals surface area contributed by atoms with Crippen molar-refractivity contribution in [1.29, 1.82) is 0 Å². The van der Waals surface area contributed by atoms with Crippen molar-refractivity contribution in [2.24, 2.45) is 0 Å². The number of rotatable bonds is 5. The number of ether oxygens (including phenoxy) is 1. The van der Waals surface area contributed by atoms with Crippen LogP contribution in [0, 0.1) is 0 Å². The van der Waals surface area contributed by atoms with Crippen molar-refractivity contribution < 1.29 is 14.6 Å². The molecule has 0 unspecified atom stereocenters. The highest BCUT2D eigenvalue weighted by Gasteiger charge is 2.36. The lowest BCUT2D eigenvalue weighted by molar-refractivity contribution is -0.0394. The standard InChI is InChI=1S/C20H24N4O3/c1-13(2)27-19-12-24(11-18(19)25)20(26)16-9-15(21-22-16)10-23-8-7-14-5-3-4-6-17(14)23/h3-9,13,18-19,25H,10-12H2,1-2H3,(H,21,22)/t18-,19-/m1/s1. The molecule has 1 aliphatic rings. The Morgan fingerprint density at radius 1 is 1.33 bits per heavy atom. The van der Waals surface area contributed by atoms with Crippen molar-refractivity contribution in [3.8, 4) is 0 Å². The van der Waals surface area contributed by atoms with Crippen molar-refractivity contribution in [3.63, 3.8) is 0 Å². The number of aliphatic hydroxyl groups excluding tert-OH is 1. The predicted molar refractivity (Wildman–Crippen MR) is 102 cm³/mol. The van der Waals surface area contributed by atoms with E-state index in [0.717, 1.165) is 11.2 Å². The Labute approximate surface area is 157 Å². The SMILES string of the molecule is CC(C)O[C@@H]1CN(C(=O)c2cc(Cn3ccc4ccccc43)[nH]n2)C[C@H]1O. The predicted octanol–water partition coefficient (Wildman–Crippen LogP) is 2.02. The number of carbonyl (C=O) groups is 1. The molecule has 1 aliphatic heterocycles. The first-order valence-electron chi connectivity index (χ1n) is 9.22. The van der Waals surface area contributed by atoms with E-state index in [1.807, 2.05) is 32.2 Å². The normalized spacial score (nSPS) is 20.1. The van der Waals surface area contributed by atoms with E-state index in [9.17, 15) is 9.90 Å². The Hall–Kier alpha value is -2.64. The fourth-order valence-corrected chi connectivity index (χ4v) is 3.58. The number of hydrogen-bond donors (Lipinski definition) is 2. The van der Waals surface area contributed by atoms with E-state index >= 15 is 0 Å². The number of amides is 1. The van der Waals surface area contributed by atoms with Crippen LogP contribution in [-0.2, 0) is 11.3 Å². The average Bonchev–Trinajstić information content (AvgIpc) is 3.35. The summed E-state index contributed by atoms with van der Waals surface area (Å²) in [5.74, 6) is -0.191. The number of fused-ring (bicyclic) bond motifs is 1. The molecule has 0 saturated carbocycles. The summed E-state index contributed by atoms with van der Waals surface area (Å²) in [4.78, 5) is 14.3. The summed E-state index contributed by atoms with van der Waals surface area (Å²) in [5.41, 5.74) is 2.35. The van der Waals surface area contributed by atoms with Crippen molar-refractivity contribution in [3.05, 3.63) is 54.0 Å². The third-order valence-electron chi connectivity index (χ3n) is 4.84. The number of para-hydroxylation sites is 1. The fourth-order valence-electron chi connectivity index (χ4n) is 3.58. The number of hydrogen-bond acceptors (Lipinski definition) is 4. The number of aromatic amines is 1. The first kappa shape index (κ1) is 17.8. The minimum absolute atomic E-state index is 0.00748. The van der Waals surface area contributed by atoms with Gasteiger partial charge >= 0.3 is 0 Å². The smallest absolute Gasteiger partial charge is 0.274 e. The van der Waals surface area contributed by atoms with E-state index in [1.54, 1.807) is 11.0 Å². The van der Waals surface area contributed by atoms with Crippen LogP contribution in [-0.4, -0.2) is 62.1 Å². The molecular formula is C20H24N4O3. The van der Waals surface area contributed by atoms with Gasteiger partial charge in [-0.2, -0.15) is 5.10 Å². The monoisotopic (exact) mass is 368 g/mol.